The molecule has 1 unspecified atom stereocenters. The van der Waals surface area contributed by atoms with Crippen LogP contribution in [0.25, 0.3) is 0 Å². The van der Waals surface area contributed by atoms with Gasteiger partial charge in [0.2, 0.25) is 0 Å². The largest absolute Gasteiger partial charge is 0.319 e. The minimum atomic E-state index is 0.530. The SMILES string of the molecule is CNCC1CCCc2[nH]nc(C(C)C)c21. The smallest absolute Gasteiger partial charge is 0.0685 e. The number of nitrogens with zero attached hydrogens (tertiary/aromatic N) is 1. The van der Waals surface area contributed by atoms with Gasteiger partial charge in [-0.2, -0.15) is 5.10 Å². The van der Waals surface area contributed by atoms with E-state index in [1.54, 1.807) is 0 Å². The van der Waals surface area contributed by atoms with E-state index in [-0.39, 0.29) is 0 Å². The Morgan fingerprint density at radius 3 is 3.00 bits per heavy atom. The molecule has 3 heteroatoms. The van der Waals surface area contributed by atoms with E-state index in [9.17, 15) is 0 Å². The lowest BCUT2D eigenvalue weighted by Gasteiger charge is -2.23. The van der Waals surface area contributed by atoms with Crippen molar-refractivity contribution in [2.45, 2.75) is 44.9 Å². The molecule has 1 aliphatic rings. The molecule has 15 heavy (non-hydrogen) atoms. The van der Waals surface area contributed by atoms with Crippen molar-refractivity contribution in [3.63, 3.8) is 0 Å². The Kier molecular flexibility index (Phi) is 3.10. The lowest BCUT2D eigenvalue weighted by Crippen LogP contribution is -2.21. The summed E-state index contributed by atoms with van der Waals surface area (Å²) in [4.78, 5) is 0. The van der Waals surface area contributed by atoms with Crippen LogP contribution in [0.2, 0.25) is 0 Å². The van der Waals surface area contributed by atoms with E-state index >= 15 is 0 Å². The summed E-state index contributed by atoms with van der Waals surface area (Å²) in [6.07, 6.45) is 3.77. The van der Waals surface area contributed by atoms with E-state index in [4.69, 9.17) is 0 Å². The van der Waals surface area contributed by atoms with E-state index in [0.29, 0.717) is 11.8 Å². The molecule has 1 atom stereocenters. The number of H-pyrrole nitrogens is 1. The molecule has 0 aromatic carbocycles. The van der Waals surface area contributed by atoms with Gasteiger partial charge < -0.3 is 5.32 Å². The summed E-state index contributed by atoms with van der Waals surface area (Å²) in [7, 11) is 2.03. The monoisotopic (exact) mass is 207 g/mol. The second kappa shape index (κ2) is 4.35. The van der Waals surface area contributed by atoms with Crippen LogP contribution in [0.5, 0.6) is 0 Å². The van der Waals surface area contributed by atoms with Crippen molar-refractivity contribution < 1.29 is 0 Å². The molecule has 3 nitrogen and oxygen atoms in total. The van der Waals surface area contributed by atoms with Gasteiger partial charge in [-0.05, 0) is 32.2 Å². The van der Waals surface area contributed by atoms with E-state index in [1.165, 1.54) is 36.2 Å². The summed E-state index contributed by atoms with van der Waals surface area (Å²) in [6.45, 7) is 5.52. The fraction of sp³-hybridized carbons (Fsp3) is 0.750. The molecule has 0 saturated heterocycles. The molecule has 0 radical (unpaired) electrons. The van der Waals surface area contributed by atoms with Gasteiger partial charge in [0.25, 0.3) is 0 Å². The highest BCUT2D eigenvalue weighted by molar-refractivity contribution is 5.33. The number of hydrogen-bond acceptors (Lipinski definition) is 2. The molecule has 0 aliphatic heterocycles. The van der Waals surface area contributed by atoms with Crippen molar-refractivity contribution in [2.75, 3.05) is 13.6 Å². The minimum absolute atomic E-state index is 0.530. The molecule has 1 aromatic heterocycles. The van der Waals surface area contributed by atoms with Crippen LogP contribution in [0, 0.1) is 0 Å². The third kappa shape index (κ3) is 1.93. The number of rotatable bonds is 3. The van der Waals surface area contributed by atoms with Crippen LogP contribution in [0.1, 0.15) is 55.5 Å². The number of hydrogen-bond donors (Lipinski definition) is 2. The first-order valence-electron chi connectivity index (χ1n) is 5.95. The average Bonchev–Trinajstić information content (AvgIpc) is 2.62. The summed E-state index contributed by atoms with van der Waals surface area (Å²) in [5.74, 6) is 1.19. The Labute approximate surface area is 91.7 Å². The van der Waals surface area contributed by atoms with Gasteiger partial charge in [-0.15, -0.1) is 0 Å². The third-order valence-electron chi connectivity index (χ3n) is 3.30. The van der Waals surface area contributed by atoms with Crippen LogP contribution >= 0.6 is 0 Å². The Morgan fingerprint density at radius 1 is 1.53 bits per heavy atom. The summed E-state index contributed by atoms with van der Waals surface area (Å²) >= 11 is 0. The van der Waals surface area contributed by atoms with Crippen LogP contribution in [-0.4, -0.2) is 23.8 Å². The van der Waals surface area contributed by atoms with Crippen LogP contribution in [0.3, 0.4) is 0 Å². The first-order chi connectivity index (χ1) is 7.24. The Bertz CT molecular complexity index is 328. The Balaban J connectivity index is 2.34. The minimum Gasteiger partial charge on any atom is -0.319 e. The molecule has 1 aliphatic carbocycles. The highest BCUT2D eigenvalue weighted by Crippen LogP contribution is 2.34. The summed E-state index contributed by atoms with van der Waals surface area (Å²) in [5, 5.41) is 11.0. The van der Waals surface area contributed by atoms with Crippen molar-refractivity contribution in [1.29, 1.82) is 0 Å². The van der Waals surface area contributed by atoms with Gasteiger partial charge in [0.15, 0.2) is 0 Å². The summed E-state index contributed by atoms with van der Waals surface area (Å²) < 4.78 is 0. The lowest BCUT2D eigenvalue weighted by atomic mass is 9.83. The zero-order valence-corrected chi connectivity index (χ0v) is 9.93. The Morgan fingerprint density at radius 2 is 2.33 bits per heavy atom. The molecule has 0 fully saturated rings. The highest BCUT2D eigenvalue weighted by Gasteiger charge is 2.26. The van der Waals surface area contributed by atoms with Gasteiger partial charge >= 0.3 is 0 Å². The number of fused-ring (bicyclic) bond motifs is 1. The van der Waals surface area contributed by atoms with Gasteiger partial charge in [-0.25, -0.2) is 0 Å². The zero-order chi connectivity index (χ0) is 10.8. The maximum atomic E-state index is 4.48. The van der Waals surface area contributed by atoms with Gasteiger partial charge in [-0.3, -0.25) is 5.10 Å². The van der Waals surface area contributed by atoms with E-state index in [2.05, 4.69) is 29.4 Å². The molecular formula is C12H21N3. The number of aryl methyl sites for hydroxylation is 1. The van der Waals surface area contributed by atoms with E-state index in [0.717, 1.165) is 6.54 Å². The molecule has 84 valence electrons. The normalized spacial score (nSPS) is 20.7. The molecule has 0 bridgehead atoms. The summed E-state index contributed by atoms with van der Waals surface area (Å²) in [5.41, 5.74) is 4.17. The van der Waals surface area contributed by atoms with Gasteiger partial charge in [0.05, 0.1) is 5.69 Å². The van der Waals surface area contributed by atoms with E-state index < -0.39 is 0 Å². The number of aromatic amines is 1. The fourth-order valence-electron chi connectivity index (χ4n) is 2.61. The van der Waals surface area contributed by atoms with Gasteiger partial charge in [0.1, 0.15) is 0 Å². The molecule has 1 aromatic rings. The Hall–Kier alpha value is -0.830. The summed E-state index contributed by atoms with van der Waals surface area (Å²) in [6, 6.07) is 0. The first kappa shape index (κ1) is 10.7. The topological polar surface area (TPSA) is 40.7 Å². The zero-order valence-electron chi connectivity index (χ0n) is 9.93. The molecule has 0 amide bonds. The van der Waals surface area contributed by atoms with Crippen molar-refractivity contribution in [2.24, 2.45) is 0 Å². The van der Waals surface area contributed by atoms with Crippen molar-refractivity contribution in [3.8, 4) is 0 Å². The molecular weight excluding hydrogens is 186 g/mol. The second-order valence-corrected chi connectivity index (χ2v) is 4.80. The van der Waals surface area contributed by atoms with Crippen LogP contribution in [-0.2, 0) is 6.42 Å². The number of aromatic nitrogens is 2. The van der Waals surface area contributed by atoms with E-state index in [1.807, 2.05) is 7.05 Å². The van der Waals surface area contributed by atoms with Crippen LogP contribution in [0.4, 0.5) is 0 Å². The molecule has 0 saturated carbocycles. The third-order valence-corrected chi connectivity index (χ3v) is 3.30. The van der Waals surface area contributed by atoms with Crippen molar-refractivity contribution in [1.82, 2.24) is 15.5 Å². The standard InChI is InChI=1S/C12H21N3/c1-8(2)12-11-9(7-13-3)5-4-6-10(11)14-15-12/h8-9,13H,4-7H2,1-3H3,(H,14,15). The molecule has 0 spiro atoms. The first-order valence-corrected chi connectivity index (χ1v) is 5.95. The molecule has 2 N–H and O–H groups in total. The second-order valence-electron chi connectivity index (χ2n) is 4.80. The van der Waals surface area contributed by atoms with Crippen LogP contribution in [0.15, 0.2) is 0 Å². The molecule has 2 rings (SSSR count). The number of likely N-dealkylation sites (N-methyl/N-ethyl adjacent to an activating group) is 1. The lowest BCUT2D eigenvalue weighted by molar-refractivity contribution is 0.521. The highest BCUT2D eigenvalue weighted by atomic mass is 15.1. The van der Waals surface area contributed by atoms with Gasteiger partial charge in [-0.1, -0.05) is 13.8 Å². The quantitative estimate of drug-likeness (QED) is 0.797. The molecule has 1 heterocycles. The van der Waals surface area contributed by atoms with Crippen molar-refractivity contribution >= 4 is 0 Å². The number of nitrogens with one attached hydrogen (secondary N) is 2. The van der Waals surface area contributed by atoms with Crippen molar-refractivity contribution in [3.05, 3.63) is 17.0 Å². The maximum absolute atomic E-state index is 4.48. The predicted molar refractivity (Wildman–Crippen MR) is 62.3 cm³/mol. The van der Waals surface area contributed by atoms with Crippen LogP contribution < -0.4 is 5.32 Å². The fourth-order valence-corrected chi connectivity index (χ4v) is 2.61. The van der Waals surface area contributed by atoms with Gasteiger partial charge in [0, 0.05) is 23.7 Å². The maximum Gasteiger partial charge on any atom is 0.0685 e. The predicted octanol–water partition coefficient (Wildman–Crippen LogP) is 2.17. The average molecular weight is 207 g/mol.